The number of rotatable bonds is 5. The molecule has 3 rings (SSSR count). The molecule has 1 unspecified atom stereocenters. The van der Waals surface area contributed by atoms with Crippen molar-refractivity contribution in [2.24, 2.45) is 5.92 Å². The molecule has 29 heavy (non-hydrogen) atoms. The fourth-order valence-corrected chi connectivity index (χ4v) is 5.20. The predicted molar refractivity (Wildman–Crippen MR) is 111 cm³/mol. The maximum Gasteiger partial charge on any atom is 0.326 e. The van der Waals surface area contributed by atoms with Gasteiger partial charge in [-0.1, -0.05) is 26.8 Å². The van der Waals surface area contributed by atoms with Gasteiger partial charge in [-0.05, 0) is 62.0 Å². The van der Waals surface area contributed by atoms with Crippen LogP contribution in [0.4, 0.5) is 4.79 Å². The van der Waals surface area contributed by atoms with Crippen molar-refractivity contribution in [1.29, 1.82) is 0 Å². The number of fused-ring (bicyclic) bond motifs is 4. The maximum absolute atomic E-state index is 13.1. The number of piperidine rings is 1. The van der Waals surface area contributed by atoms with Crippen LogP contribution in [-0.2, 0) is 16.6 Å². The van der Waals surface area contributed by atoms with Gasteiger partial charge in [-0.25, -0.2) is 9.59 Å². The lowest BCUT2D eigenvalue weighted by atomic mass is 9.61. The van der Waals surface area contributed by atoms with E-state index in [4.69, 9.17) is 0 Å². The monoisotopic (exact) mass is 403 g/mol. The highest BCUT2D eigenvalue weighted by atomic mass is 16.4. The van der Waals surface area contributed by atoms with Gasteiger partial charge >= 0.3 is 12.0 Å². The van der Waals surface area contributed by atoms with Gasteiger partial charge in [-0.2, -0.15) is 0 Å². The smallest absolute Gasteiger partial charge is 0.326 e. The topological polar surface area (TPSA) is 93.1 Å². The van der Waals surface area contributed by atoms with Crippen LogP contribution < -0.4 is 5.32 Å². The molecule has 7 heteroatoms. The number of carboxylic acids is 1. The lowest BCUT2D eigenvalue weighted by Gasteiger charge is -2.57. The molecule has 1 heterocycles. The summed E-state index contributed by atoms with van der Waals surface area (Å²) in [4.78, 5) is 28.7. The molecule has 160 valence electrons. The quantitative estimate of drug-likeness (QED) is 0.702. The molecule has 3 N–H and O–H groups in total. The fourth-order valence-electron chi connectivity index (χ4n) is 5.20. The molecule has 2 aliphatic rings. The Labute approximate surface area is 172 Å². The number of urea groups is 1. The van der Waals surface area contributed by atoms with Crippen molar-refractivity contribution < 1.29 is 19.8 Å². The van der Waals surface area contributed by atoms with Crippen molar-refractivity contribution in [3.8, 4) is 5.75 Å². The van der Waals surface area contributed by atoms with E-state index in [1.165, 1.54) is 5.56 Å². The van der Waals surface area contributed by atoms with Crippen LogP contribution in [0.5, 0.6) is 5.75 Å². The zero-order valence-electron chi connectivity index (χ0n) is 18.0. The van der Waals surface area contributed by atoms with E-state index in [9.17, 15) is 19.8 Å². The molecule has 1 aliphatic carbocycles. The second kappa shape index (κ2) is 7.86. The Balaban J connectivity index is 1.92. The van der Waals surface area contributed by atoms with Crippen LogP contribution in [-0.4, -0.2) is 70.8 Å². The van der Waals surface area contributed by atoms with Crippen molar-refractivity contribution in [3.63, 3.8) is 0 Å². The standard InChI is InChI=1S/C22H33N3O4/c1-13(2)10-17(20(27)28)23-21(29)25(5)19-18-11-14-6-7-15(26)12-16(14)22(19,3)8-9-24(18)4/h6-7,12-13,17-19,26H,8-11H2,1-5H3,(H,23,29)(H,27,28)/t17?,18-,19+,22+/m1/s1. The summed E-state index contributed by atoms with van der Waals surface area (Å²) >= 11 is 0. The van der Waals surface area contributed by atoms with Crippen molar-refractivity contribution in [3.05, 3.63) is 29.3 Å². The number of aromatic hydroxyl groups is 1. The second-order valence-electron chi connectivity index (χ2n) is 9.29. The van der Waals surface area contributed by atoms with Gasteiger partial charge in [-0.15, -0.1) is 0 Å². The molecule has 2 amide bonds. The molecule has 2 bridgehead atoms. The number of carboxylic acid groups (broad SMARTS) is 1. The second-order valence-corrected chi connectivity index (χ2v) is 9.29. The summed E-state index contributed by atoms with van der Waals surface area (Å²) in [5, 5.41) is 22.3. The molecule has 0 radical (unpaired) electrons. The number of phenolic OH excluding ortho intramolecular Hbond substituents is 1. The van der Waals surface area contributed by atoms with Crippen LogP contribution in [0.25, 0.3) is 0 Å². The average molecular weight is 404 g/mol. The largest absolute Gasteiger partial charge is 0.508 e. The number of nitrogens with zero attached hydrogens (tertiary/aromatic N) is 2. The van der Waals surface area contributed by atoms with E-state index in [0.717, 1.165) is 24.9 Å². The van der Waals surface area contributed by atoms with Crippen molar-refractivity contribution in [1.82, 2.24) is 15.1 Å². The van der Waals surface area contributed by atoms with Gasteiger partial charge in [0.2, 0.25) is 0 Å². The SMILES string of the molecule is CC(C)CC(NC(=O)N(C)[C@H]1[C@H]2Cc3ccc(O)cc3[C@]1(C)CCN2C)C(=O)O. The molecule has 0 aromatic heterocycles. The molecular weight excluding hydrogens is 370 g/mol. The number of aliphatic carboxylic acids is 1. The van der Waals surface area contributed by atoms with Crippen molar-refractivity contribution in [2.75, 3.05) is 20.6 Å². The summed E-state index contributed by atoms with van der Waals surface area (Å²) < 4.78 is 0. The first-order valence-corrected chi connectivity index (χ1v) is 10.3. The number of likely N-dealkylation sites (tertiary alicyclic amines) is 1. The molecule has 1 fully saturated rings. The summed E-state index contributed by atoms with van der Waals surface area (Å²) in [5.74, 6) is -0.617. The molecular formula is C22H33N3O4. The van der Waals surface area contributed by atoms with Crippen LogP contribution in [0, 0.1) is 5.92 Å². The van der Waals surface area contributed by atoms with Gasteiger partial charge in [0.15, 0.2) is 0 Å². The normalized spacial score (nSPS) is 27.2. The summed E-state index contributed by atoms with van der Waals surface area (Å²) in [6.07, 6.45) is 2.03. The highest BCUT2D eigenvalue weighted by molar-refractivity contribution is 5.82. The average Bonchev–Trinajstić information content (AvgIpc) is 2.64. The Morgan fingerprint density at radius 3 is 2.69 bits per heavy atom. The number of phenols is 1. The summed E-state index contributed by atoms with van der Waals surface area (Å²) in [7, 11) is 3.83. The molecule has 1 saturated heterocycles. The van der Waals surface area contributed by atoms with Crippen LogP contribution in [0.2, 0.25) is 0 Å². The fraction of sp³-hybridized carbons (Fsp3) is 0.636. The summed E-state index contributed by atoms with van der Waals surface area (Å²) in [5.41, 5.74) is 1.98. The van der Waals surface area contributed by atoms with Crippen LogP contribution >= 0.6 is 0 Å². The first kappa shape index (κ1) is 21.4. The van der Waals surface area contributed by atoms with Gasteiger partial charge in [0.1, 0.15) is 11.8 Å². The Kier molecular flexibility index (Phi) is 5.81. The molecule has 7 nitrogen and oxygen atoms in total. The first-order chi connectivity index (χ1) is 13.5. The van der Waals surface area contributed by atoms with E-state index in [-0.39, 0.29) is 35.2 Å². The summed E-state index contributed by atoms with van der Waals surface area (Å²) in [6, 6.07) is 4.27. The number of carbonyl (C=O) groups is 2. The highest BCUT2D eigenvalue weighted by Gasteiger charge is 2.52. The minimum atomic E-state index is -1.01. The Hall–Kier alpha value is -2.28. The van der Waals surface area contributed by atoms with Crippen molar-refractivity contribution in [2.45, 2.75) is 63.6 Å². The Bertz CT molecular complexity index is 796. The highest BCUT2D eigenvalue weighted by Crippen LogP contribution is 2.47. The van der Waals surface area contributed by atoms with Gasteiger partial charge in [0.25, 0.3) is 0 Å². The lowest BCUT2D eigenvalue weighted by Crippen LogP contribution is -2.68. The number of likely N-dealkylation sites (N-methyl/N-ethyl adjacent to an activating group) is 2. The van der Waals surface area contributed by atoms with Gasteiger partial charge in [0.05, 0.1) is 6.04 Å². The number of benzene rings is 1. The van der Waals surface area contributed by atoms with E-state index in [2.05, 4.69) is 24.2 Å². The minimum Gasteiger partial charge on any atom is -0.508 e. The lowest BCUT2D eigenvalue weighted by molar-refractivity contribution is -0.139. The predicted octanol–water partition coefficient (Wildman–Crippen LogP) is 2.42. The number of nitrogens with one attached hydrogen (secondary N) is 1. The zero-order chi connectivity index (χ0) is 21.5. The number of carbonyl (C=O) groups excluding carboxylic acids is 1. The van der Waals surface area contributed by atoms with E-state index in [1.54, 1.807) is 18.0 Å². The maximum atomic E-state index is 13.1. The van der Waals surface area contributed by atoms with Crippen LogP contribution in [0.1, 0.15) is 44.7 Å². The first-order valence-electron chi connectivity index (χ1n) is 10.3. The minimum absolute atomic E-state index is 0.121. The molecule has 1 aromatic rings. The molecule has 1 aliphatic heterocycles. The summed E-state index contributed by atoms with van der Waals surface area (Å²) in [6.45, 7) is 6.95. The molecule has 0 spiro atoms. The van der Waals surface area contributed by atoms with E-state index < -0.39 is 12.0 Å². The number of hydrogen-bond acceptors (Lipinski definition) is 4. The molecule has 4 atom stereocenters. The zero-order valence-corrected chi connectivity index (χ0v) is 18.0. The third-order valence-corrected chi connectivity index (χ3v) is 6.75. The third-order valence-electron chi connectivity index (χ3n) is 6.75. The van der Waals surface area contributed by atoms with Gasteiger partial charge in [-0.3, -0.25) is 0 Å². The molecule has 0 saturated carbocycles. The van der Waals surface area contributed by atoms with E-state index >= 15 is 0 Å². The van der Waals surface area contributed by atoms with Gasteiger partial charge < -0.3 is 25.3 Å². The number of amides is 2. The van der Waals surface area contributed by atoms with Crippen molar-refractivity contribution >= 4 is 12.0 Å². The third kappa shape index (κ3) is 3.92. The van der Waals surface area contributed by atoms with Crippen LogP contribution in [0.3, 0.4) is 0 Å². The number of hydrogen-bond donors (Lipinski definition) is 3. The molecule has 1 aromatic carbocycles. The van der Waals surface area contributed by atoms with E-state index in [1.807, 2.05) is 26.0 Å². The van der Waals surface area contributed by atoms with E-state index in [0.29, 0.717) is 6.42 Å². The van der Waals surface area contributed by atoms with Crippen LogP contribution in [0.15, 0.2) is 18.2 Å². The van der Waals surface area contributed by atoms with Gasteiger partial charge in [0, 0.05) is 18.5 Å². The Morgan fingerprint density at radius 2 is 2.07 bits per heavy atom. The Morgan fingerprint density at radius 1 is 1.38 bits per heavy atom.